The molecule has 1 radical (unpaired) electrons. The van der Waals surface area contributed by atoms with Crippen molar-refractivity contribution in [1.29, 1.82) is 0 Å². The minimum absolute atomic E-state index is 0. The molecule has 0 saturated heterocycles. The summed E-state index contributed by atoms with van der Waals surface area (Å²) in [5, 5.41) is 2.06. The van der Waals surface area contributed by atoms with E-state index < -0.39 is 20.2 Å². The first-order valence-corrected chi connectivity index (χ1v) is 17.4. The molecule has 0 fully saturated rings. The van der Waals surface area contributed by atoms with Crippen LogP contribution in [0.3, 0.4) is 0 Å². The maximum Gasteiger partial charge on any atom is 2.00 e. The average molecular weight is 762 g/mol. The van der Waals surface area contributed by atoms with Gasteiger partial charge in [0.2, 0.25) is 0 Å². The molecule has 19 heteroatoms. The number of hydrogen-bond acceptors (Lipinski definition) is 12. The van der Waals surface area contributed by atoms with Gasteiger partial charge in [-0.25, -0.2) is 9.97 Å². The van der Waals surface area contributed by atoms with Crippen molar-refractivity contribution in [2.75, 3.05) is 11.5 Å². The standard InChI is InChI=1S/C32H18N10O6S2.Co/c33-13-1-5-17-21(9-13)29-37-25(17)35-27-19-7-3-15(49(43,44)45)11-23(19)32(39-27)42-30-22-10-14(34)2-6-18(22)26(38-30)36-28-20-8-4-16(50(46,47)48)12-24(20)31(40-28)41-29;/h1-12H,33-34H2,(H2-2,35,36,37,38,39,40,41,42,43,44,45,46,47,48);/q-2;+2. The fraction of sp³-hybridized carbons (Fsp3) is 0. The van der Waals surface area contributed by atoms with Crippen molar-refractivity contribution >= 4 is 75.7 Å². The molecule has 0 amide bonds. The zero-order valence-corrected chi connectivity index (χ0v) is 28.0. The normalized spacial score (nSPS) is 12.4. The molecule has 3 aromatic heterocycles. The number of nitrogens with two attached hydrogens (primary N) is 2. The first-order chi connectivity index (χ1) is 23.8. The molecule has 6 N–H and O–H groups in total. The first kappa shape index (κ1) is 32.4. The van der Waals surface area contributed by atoms with Gasteiger partial charge >= 0.3 is 16.8 Å². The maximum atomic E-state index is 12.1. The van der Waals surface area contributed by atoms with Crippen molar-refractivity contribution in [1.82, 2.24) is 39.9 Å². The molecule has 9 rings (SSSR count). The van der Waals surface area contributed by atoms with Crippen molar-refractivity contribution in [2.24, 2.45) is 0 Å². The van der Waals surface area contributed by atoms with E-state index in [1.54, 1.807) is 36.4 Å². The van der Waals surface area contributed by atoms with Crippen molar-refractivity contribution in [3.8, 4) is 45.6 Å². The smallest absolute Gasteiger partial charge is 0.399 e. The van der Waals surface area contributed by atoms with E-state index >= 15 is 0 Å². The number of hydrogen-bond donors (Lipinski definition) is 4. The monoisotopic (exact) mass is 761 g/mol. The fourth-order valence-corrected chi connectivity index (χ4v) is 6.99. The van der Waals surface area contributed by atoms with E-state index in [1.165, 1.54) is 36.4 Å². The molecule has 7 aromatic rings. The summed E-state index contributed by atoms with van der Waals surface area (Å²) in [6, 6.07) is 17.9. The summed E-state index contributed by atoms with van der Waals surface area (Å²) in [5.74, 6) is 0.360. The van der Waals surface area contributed by atoms with Crippen LogP contribution in [-0.2, 0) is 37.0 Å². The molecule has 5 heterocycles. The summed E-state index contributed by atoms with van der Waals surface area (Å²) >= 11 is 0. The molecule has 51 heavy (non-hydrogen) atoms. The van der Waals surface area contributed by atoms with Gasteiger partial charge in [0.15, 0.2) is 0 Å². The summed E-state index contributed by atoms with van der Waals surface area (Å²) in [6.07, 6.45) is 0. The zero-order chi connectivity index (χ0) is 34.7. The van der Waals surface area contributed by atoms with Gasteiger partial charge in [-0.3, -0.25) is 9.11 Å². The predicted molar refractivity (Wildman–Crippen MR) is 182 cm³/mol. The number of benzene rings is 4. The Morgan fingerprint density at radius 3 is 1.18 bits per heavy atom. The Labute approximate surface area is 296 Å². The van der Waals surface area contributed by atoms with Crippen LogP contribution in [0.5, 0.6) is 0 Å². The number of nitrogens with zero attached hydrogens (tertiary/aromatic N) is 8. The Morgan fingerprint density at radius 1 is 0.451 bits per heavy atom. The number of nitrogen functional groups attached to an aromatic ring is 2. The molecule has 253 valence electrons. The van der Waals surface area contributed by atoms with E-state index in [1.807, 2.05) is 0 Å². The van der Waals surface area contributed by atoms with Gasteiger partial charge in [0.05, 0.1) is 33.1 Å². The second kappa shape index (κ2) is 11.1. The van der Waals surface area contributed by atoms with E-state index in [-0.39, 0.29) is 83.6 Å². The minimum Gasteiger partial charge on any atom is -0.399 e. The van der Waals surface area contributed by atoms with Gasteiger partial charge < -0.3 is 41.4 Å². The van der Waals surface area contributed by atoms with Crippen LogP contribution in [0, 0.1) is 0 Å². The Bertz CT molecular complexity index is 2890. The number of rotatable bonds is 2. The van der Waals surface area contributed by atoms with Gasteiger partial charge in [-0.2, -0.15) is 16.8 Å². The van der Waals surface area contributed by atoms with Crippen molar-refractivity contribution in [3.05, 3.63) is 72.8 Å². The van der Waals surface area contributed by atoms with E-state index in [0.29, 0.717) is 44.0 Å². The molecule has 4 aromatic carbocycles. The second-order valence-electron chi connectivity index (χ2n) is 11.5. The molecular weight excluding hydrogens is 743 g/mol. The molecule has 8 bridgehead atoms. The number of anilines is 2. The third kappa shape index (κ3) is 5.26. The average Bonchev–Trinajstić information content (AvgIpc) is 3.78. The summed E-state index contributed by atoms with van der Waals surface area (Å²) in [5.41, 5.74) is 15.1. The topological polar surface area (TPSA) is 266 Å². The van der Waals surface area contributed by atoms with Gasteiger partial charge in [-0.15, -0.1) is 0 Å². The van der Waals surface area contributed by atoms with E-state index in [9.17, 15) is 25.9 Å². The molecule has 0 aliphatic carbocycles. The molecule has 0 saturated carbocycles. The molecule has 2 aliphatic rings. The third-order valence-corrected chi connectivity index (χ3v) is 9.99. The summed E-state index contributed by atoms with van der Waals surface area (Å²) in [7, 11) is -9.18. The van der Waals surface area contributed by atoms with Crippen molar-refractivity contribution < 1.29 is 42.7 Å². The number of fused-ring (bicyclic) bond motifs is 20. The largest absolute Gasteiger partial charge is 2.00 e. The van der Waals surface area contributed by atoms with Crippen LogP contribution in [-0.4, -0.2) is 55.8 Å². The predicted octanol–water partition coefficient (Wildman–Crippen LogP) is 3.78. The summed E-state index contributed by atoms with van der Waals surface area (Å²) < 4.78 is 68.1. The van der Waals surface area contributed by atoms with E-state index in [4.69, 9.17) is 31.4 Å². The van der Waals surface area contributed by atoms with Gasteiger partial charge in [0.25, 0.3) is 20.2 Å². The van der Waals surface area contributed by atoms with Crippen LogP contribution in [0.1, 0.15) is 0 Å². The Morgan fingerprint density at radius 2 is 0.804 bits per heavy atom. The molecular formula is C32H18CoN10O6S2. The fourth-order valence-electron chi connectivity index (χ4n) is 5.98. The van der Waals surface area contributed by atoms with Gasteiger partial charge in [-0.05, 0) is 70.1 Å². The molecule has 0 atom stereocenters. The van der Waals surface area contributed by atoms with Crippen molar-refractivity contribution in [3.63, 3.8) is 0 Å². The Kier molecular flexibility index (Phi) is 7.04. The SMILES string of the molecule is Nc1ccc2c3nc4nc(nc5[n-]c(nc6nc(nc([n-]3)c2c1)-c1cc(S(=O)(=O)O)ccc1-6)c1ccc(N)cc51)-c1cc(S(=O)(=O)O)ccc1-4.[Co+2]. The maximum absolute atomic E-state index is 12.1. The van der Waals surface area contributed by atoms with E-state index in [0.717, 1.165) is 0 Å². The van der Waals surface area contributed by atoms with Crippen LogP contribution in [0.15, 0.2) is 82.6 Å². The first-order valence-electron chi connectivity index (χ1n) is 14.5. The van der Waals surface area contributed by atoms with Crippen LogP contribution in [0.25, 0.3) is 89.7 Å². The quantitative estimate of drug-likeness (QED) is 0.144. The van der Waals surface area contributed by atoms with Crippen molar-refractivity contribution in [2.45, 2.75) is 9.79 Å². The second-order valence-corrected chi connectivity index (χ2v) is 14.3. The summed E-state index contributed by atoms with van der Waals surface area (Å²) in [4.78, 5) is 36.8. The third-order valence-electron chi connectivity index (χ3n) is 8.29. The van der Waals surface area contributed by atoms with Crippen LogP contribution in [0.2, 0.25) is 0 Å². The Balaban J connectivity index is 0.00000374. The summed E-state index contributed by atoms with van der Waals surface area (Å²) in [6.45, 7) is 0. The molecule has 0 unspecified atom stereocenters. The molecule has 0 spiro atoms. The number of aromatic nitrogens is 8. The van der Waals surface area contributed by atoms with Crippen LogP contribution < -0.4 is 21.4 Å². The minimum atomic E-state index is -4.59. The van der Waals surface area contributed by atoms with Gasteiger partial charge in [-0.1, -0.05) is 24.3 Å². The van der Waals surface area contributed by atoms with Gasteiger partial charge in [0, 0.05) is 56.2 Å². The molecule has 16 nitrogen and oxygen atoms in total. The van der Waals surface area contributed by atoms with Crippen LogP contribution in [0.4, 0.5) is 11.4 Å². The zero-order valence-electron chi connectivity index (χ0n) is 25.3. The van der Waals surface area contributed by atoms with Gasteiger partial charge in [0.1, 0.15) is 0 Å². The van der Waals surface area contributed by atoms with Crippen LogP contribution >= 0.6 is 0 Å². The molecule has 2 aliphatic heterocycles. The Hall–Kier alpha value is -5.83. The van der Waals surface area contributed by atoms with E-state index in [2.05, 4.69) is 19.9 Å².